The van der Waals surface area contributed by atoms with Gasteiger partial charge in [0.15, 0.2) is 0 Å². The van der Waals surface area contributed by atoms with Crippen molar-refractivity contribution >= 4 is 0 Å². The summed E-state index contributed by atoms with van der Waals surface area (Å²) >= 11 is 0. The molecule has 0 fully saturated rings. The summed E-state index contributed by atoms with van der Waals surface area (Å²) in [6.45, 7) is 0. The van der Waals surface area contributed by atoms with E-state index in [1.54, 1.807) is 0 Å². The van der Waals surface area contributed by atoms with E-state index < -0.39 is 10.2 Å². The molecule has 0 aromatic heterocycles. The van der Waals surface area contributed by atoms with Crippen LogP contribution in [0.3, 0.4) is 0 Å². The van der Waals surface area contributed by atoms with E-state index in [1.165, 1.54) is 0 Å². The molecule has 0 aliphatic heterocycles. The maximum absolute atomic E-state index is 8.25. The molecule has 72 valence electrons. The van der Waals surface area contributed by atoms with Crippen molar-refractivity contribution < 1.29 is 37.6 Å². The molecular formula is H4N2NiO8. The van der Waals surface area contributed by atoms with Crippen molar-refractivity contribution in [3.05, 3.63) is 30.6 Å². The van der Waals surface area contributed by atoms with Gasteiger partial charge >= 0.3 is 16.5 Å². The van der Waals surface area contributed by atoms with Crippen LogP contribution < -0.4 is 0 Å². The van der Waals surface area contributed by atoms with E-state index in [2.05, 4.69) is 0 Å². The maximum Gasteiger partial charge on any atom is 2.00 e. The first kappa shape index (κ1) is 32.9. The van der Waals surface area contributed by atoms with Gasteiger partial charge in [0.05, 0.1) is 10.2 Å². The van der Waals surface area contributed by atoms with Crippen molar-refractivity contribution in [2.45, 2.75) is 0 Å². The quantitative estimate of drug-likeness (QED) is 0.253. The number of hydrogen-bond donors (Lipinski definition) is 0. The summed E-state index contributed by atoms with van der Waals surface area (Å²) in [4.78, 5) is 16.5. The van der Waals surface area contributed by atoms with E-state index in [4.69, 9.17) is 30.6 Å². The van der Waals surface area contributed by atoms with Gasteiger partial charge < -0.3 is 41.6 Å². The zero-order valence-corrected chi connectivity index (χ0v) is 5.65. The first-order valence-corrected chi connectivity index (χ1v) is 1.10. The zero-order chi connectivity index (χ0) is 7.15. The number of rotatable bonds is 0. The van der Waals surface area contributed by atoms with Gasteiger partial charge in [0, 0.05) is 0 Å². The van der Waals surface area contributed by atoms with Crippen LogP contribution in [0.4, 0.5) is 0 Å². The third-order valence-electron chi connectivity index (χ3n) is 0. The Hall–Kier alpha value is -1.19. The molecule has 0 bridgehead atoms. The SMILES string of the molecule is O.O.O=[N+]([O-])[O-].O=[N+]([O-])[O-].[Ni+2]. The molecule has 11 heavy (non-hydrogen) atoms. The third kappa shape index (κ3) is 291. The predicted octanol–water partition coefficient (Wildman–Crippen LogP) is -2.13. The van der Waals surface area contributed by atoms with Gasteiger partial charge in [-0.15, -0.1) is 0 Å². The van der Waals surface area contributed by atoms with Crippen LogP contribution in [0.2, 0.25) is 0 Å². The Balaban J connectivity index is -0.0000000171. The molecule has 11 heteroatoms. The van der Waals surface area contributed by atoms with E-state index in [9.17, 15) is 0 Å². The van der Waals surface area contributed by atoms with Crippen LogP contribution in [0.1, 0.15) is 0 Å². The molecule has 10 nitrogen and oxygen atoms in total. The van der Waals surface area contributed by atoms with Crippen LogP contribution in [0.5, 0.6) is 0 Å². The van der Waals surface area contributed by atoms with Crippen molar-refractivity contribution in [1.29, 1.82) is 0 Å². The molecule has 0 radical (unpaired) electrons. The first-order valence-electron chi connectivity index (χ1n) is 1.10. The molecule has 0 unspecified atom stereocenters. The molecule has 0 amide bonds. The van der Waals surface area contributed by atoms with E-state index in [0.717, 1.165) is 0 Å². The fourth-order valence-corrected chi connectivity index (χ4v) is 0. The van der Waals surface area contributed by atoms with Crippen molar-refractivity contribution in [1.82, 2.24) is 0 Å². The molecular weight excluding hydrogens is 215 g/mol. The molecule has 0 aromatic carbocycles. The average Bonchev–Trinajstić information content (AvgIpc) is 1.25. The molecule has 0 saturated heterocycles. The topological polar surface area (TPSA) is 195 Å². The summed E-state index contributed by atoms with van der Waals surface area (Å²) in [5.41, 5.74) is 0. The standard InChI is InChI=1S/2NO3.Ni.2H2O/c2*2-1(3)4;;;/h;;;2*1H2/q2*-1;+2;;. The molecule has 0 spiro atoms. The van der Waals surface area contributed by atoms with Gasteiger partial charge in [-0.25, -0.2) is 0 Å². The minimum atomic E-state index is -1.75. The largest absolute Gasteiger partial charge is 2.00 e. The smallest absolute Gasteiger partial charge is 0.412 e. The monoisotopic (exact) mass is 218 g/mol. The number of hydrogen-bond acceptors (Lipinski definition) is 6. The molecule has 0 heterocycles. The second-order valence-corrected chi connectivity index (χ2v) is 0.447. The summed E-state index contributed by atoms with van der Waals surface area (Å²) in [6.07, 6.45) is 0. The van der Waals surface area contributed by atoms with Gasteiger partial charge in [-0.05, 0) is 0 Å². The van der Waals surface area contributed by atoms with Gasteiger partial charge in [-0.3, -0.25) is 0 Å². The molecule has 0 saturated carbocycles. The van der Waals surface area contributed by atoms with E-state index >= 15 is 0 Å². The maximum atomic E-state index is 8.25. The molecule has 0 atom stereocenters. The second kappa shape index (κ2) is 23.2. The Bertz CT molecular complexity index is 70.1. The van der Waals surface area contributed by atoms with Crippen LogP contribution >= 0.6 is 0 Å². The second-order valence-electron chi connectivity index (χ2n) is 0.447. The Morgan fingerprint density at radius 2 is 0.727 bits per heavy atom. The first-order chi connectivity index (χ1) is 3.46. The van der Waals surface area contributed by atoms with Crippen LogP contribution in [-0.2, 0) is 16.5 Å². The fraction of sp³-hybridized carbons (Fsp3) is 0. The summed E-state index contributed by atoms with van der Waals surface area (Å²) < 4.78 is 0. The third-order valence-corrected chi connectivity index (χ3v) is 0. The predicted molar refractivity (Wildman–Crippen MR) is 28.0 cm³/mol. The summed E-state index contributed by atoms with van der Waals surface area (Å²) in [6, 6.07) is 0. The van der Waals surface area contributed by atoms with E-state index in [1.807, 2.05) is 0 Å². The molecule has 0 aromatic rings. The minimum absolute atomic E-state index is 0. The normalized spacial score (nSPS) is 4.36. The van der Waals surface area contributed by atoms with E-state index in [-0.39, 0.29) is 27.4 Å². The molecule has 0 rings (SSSR count). The van der Waals surface area contributed by atoms with Crippen molar-refractivity contribution in [2.24, 2.45) is 0 Å². The Kier molecular flexibility index (Phi) is 69.5. The Labute approximate surface area is 69.2 Å². The van der Waals surface area contributed by atoms with Gasteiger partial charge in [0.2, 0.25) is 0 Å². The molecule has 0 aliphatic carbocycles. The fourth-order valence-electron chi connectivity index (χ4n) is 0. The Morgan fingerprint density at radius 1 is 0.727 bits per heavy atom. The van der Waals surface area contributed by atoms with Gasteiger partial charge in [0.25, 0.3) is 0 Å². The van der Waals surface area contributed by atoms with Gasteiger partial charge in [0.1, 0.15) is 0 Å². The molecule has 4 N–H and O–H groups in total. The summed E-state index contributed by atoms with van der Waals surface area (Å²) in [5.74, 6) is 0. The Morgan fingerprint density at radius 3 is 0.727 bits per heavy atom. The van der Waals surface area contributed by atoms with Crippen molar-refractivity contribution in [3.63, 3.8) is 0 Å². The van der Waals surface area contributed by atoms with Crippen LogP contribution in [0.25, 0.3) is 0 Å². The van der Waals surface area contributed by atoms with Gasteiger partial charge in [-0.1, -0.05) is 0 Å². The van der Waals surface area contributed by atoms with Gasteiger partial charge in [-0.2, -0.15) is 0 Å². The van der Waals surface area contributed by atoms with Crippen molar-refractivity contribution in [3.8, 4) is 0 Å². The van der Waals surface area contributed by atoms with Crippen LogP contribution in [-0.4, -0.2) is 21.1 Å². The van der Waals surface area contributed by atoms with E-state index in [0.29, 0.717) is 0 Å². The summed E-state index contributed by atoms with van der Waals surface area (Å²) in [7, 11) is 0. The average molecular weight is 219 g/mol. The summed E-state index contributed by atoms with van der Waals surface area (Å²) in [5, 5.41) is 29.5. The molecule has 0 aliphatic rings. The number of nitrogens with zero attached hydrogens (tertiary/aromatic N) is 2. The van der Waals surface area contributed by atoms with Crippen LogP contribution in [0.15, 0.2) is 0 Å². The minimum Gasteiger partial charge on any atom is -0.412 e. The van der Waals surface area contributed by atoms with Crippen molar-refractivity contribution in [2.75, 3.05) is 0 Å². The van der Waals surface area contributed by atoms with Crippen LogP contribution in [0, 0.1) is 30.6 Å². The zero-order valence-electron chi connectivity index (χ0n) is 4.66.